The van der Waals surface area contributed by atoms with E-state index in [0.717, 1.165) is 36.8 Å². The summed E-state index contributed by atoms with van der Waals surface area (Å²) in [5.74, 6) is 0.663. The van der Waals surface area contributed by atoms with Crippen LogP contribution in [0.3, 0.4) is 0 Å². The predicted molar refractivity (Wildman–Crippen MR) is 74.1 cm³/mol. The summed E-state index contributed by atoms with van der Waals surface area (Å²) in [6, 6.07) is 5.72. The van der Waals surface area contributed by atoms with E-state index in [1.54, 1.807) is 6.92 Å². The highest BCUT2D eigenvalue weighted by Crippen LogP contribution is 2.31. The third kappa shape index (κ3) is 3.26. The molecule has 2 rings (SSSR count). The van der Waals surface area contributed by atoms with E-state index in [0.29, 0.717) is 18.1 Å². The van der Waals surface area contributed by atoms with Crippen LogP contribution in [0.15, 0.2) is 23.4 Å². The molecule has 0 atom stereocenters. The maximum Gasteiger partial charge on any atom is 0.128 e. The van der Waals surface area contributed by atoms with Gasteiger partial charge in [-0.3, -0.25) is 0 Å². The molecule has 0 saturated heterocycles. The molecule has 0 aliphatic heterocycles. The van der Waals surface area contributed by atoms with Crippen LogP contribution in [0.4, 0.5) is 0 Å². The van der Waals surface area contributed by atoms with Crippen LogP contribution in [-0.4, -0.2) is 28.2 Å². The van der Waals surface area contributed by atoms with Gasteiger partial charge in [0.25, 0.3) is 0 Å². The summed E-state index contributed by atoms with van der Waals surface area (Å²) in [6.07, 6.45) is 3.69. The van der Waals surface area contributed by atoms with E-state index in [2.05, 4.69) is 5.16 Å². The average molecular weight is 263 g/mol. The molecule has 1 aliphatic carbocycles. The van der Waals surface area contributed by atoms with Crippen LogP contribution in [0, 0.1) is 6.92 Å². The molecule has 0 amide bonds. The number of ether oxygens (including phenoxy) is 1. The van der Waals surface area contributed by atoms with Gasteiger partial charge in [-0.15, -0.1) is 0 Å². The Labute approximate surface area is 113 Å². The molecule has 1 aliphatic rings. The molecule has 0 spiro atoms. The predicted octanol–water partition coefficient (Wildman–Crippen LogP) is 2.88. The topological polar surface area (TPSA) is 62.1 Å². The number of oxime groups is 1. The van der Waals surface area contributed by atoms with Gasteiger partial charge in [0.05, 0.1) is 11.3 Å². The number of benzene rings is 1. The lowest BCUT2D eigenvalue weighted by Gasteiger charge is -2.23. The number of rotatable bonds is 4. The molecule has 4 heteroatoms. The van der Waals surface area contributed by atoms with Crippen molar-refractivity contribution in [3.8, 4) is 5.75 Å². The van der Waals surface area contributed by atoms with Crippen LogP contribution in [0.5, 0.6) is 5.75 Å². The van der Waals surface area contributed by atoms with Crippen LogP contribution < -0.4 is 4.74 Å². The molecule has 2 N–H and O–H groups in total. The van der Waals surface area contributed by atoms with Gasteiger partial charge in [0.1, 0.15) is 12.4 Å². The lowest BCUT2D eigenvalue weighted by Crippen LogP contribution is -2.32. The second kappa shape index (κ2) is 5.61. The highest BCUT2D eigenvalue weighted by atomic mass is 16.5. The van der Waals surface area contributed by atoms with Crippen molar-refractivity contribution in [1.29, 1.82) is 0 Å². The third-order valence-electron chi connectivity index (χ3n) is 3.71. The molecular weight excluding hydrogens is 242 g/mol. The van der Waals surface area contributed by atoms with Gasteiger partial charge in [0.15, 0.2) is 0 Å². The second-order valence-electron chi connectivity index (χ2n) is 5.41. The van der Waals surface area contributed by atoms with Crippen LogP contribution in [-0.2, 0) is 0 Å². The summed E-state index contributed by atoms with van der Waals surface area (Å²) in [6.45, 7) is 4.00. The van der Waals surface area contributed by atoms with Gasteiger partial charge in [0, 0.05) is 5.56 Å². The second-order valence-corrected chi connectivity index (χ2v) is 5.41. The molecule has 1 saturated carbocycles. The van der Waals surface area contributed by atoms with Crippen LogP contribution in [0.2, 0.25) is 0 Å². The quantitative estimate of drug-likeness (QED) is 0.499. The average Bonchev–Trinajstić information content (AvgIpc) is 2.83. The first-order valence-corrected chi connectivity index (χ1v) is 6.69. The van der Waals surface area contributed by atoms with Crippen molar-refractivity contribution in [2.24, 2.45) is 5.16 Å². The van der Waals surface area contributed by atoms with Gasteiger partial charge in [0.2, 0.25) is 0 Å². The number of hydrogen-bond donors (Lipinski definition) is 2. The Balaban J connectivity index is 2.16. The molecular formula is C15H21NO3. The standard InChI is InChI=1S/C15H21NO3/c1-11-5-6-13(12(2)16-18)14(9-11)19-10-15(17)7-3-4-8-15/h5-6,9,17-18H,3-4,7-8,10H2,1-2H3. The van der Waals surface area contributed by atoms with Crippen molar-refractivity contribution in [2.75, 3.05) is 6.61 Å². The summed E-state index contributed by atoms with van der Waals surface area (Å²) < 4.78 is 5.79. The van der Waals surface area contributed by atoms with Gasteiger partial charge in [-0.2, -0.15) is 0 Å². The summed E-state index contributed by atoms with van der Waals surface area (Å²) >= 11 is 0. The first-order chi connectivity index (χ1) is 9.04. The SMILES string of the molecule is CC(=NO)c1ccc(C)cc1OCC1(O)CCCC1. The zero-order valence-corrected chi connectivity index (χ0v) is 11.5. The summed E-state index contributed by atoms with van der Waals surface area (Å²) in [4.78, 5) is 0. The molecule has 0 aromatic heterocycles. The summed E-state index contributed by atoms with van der Waals surface area (Å²) in [5.41, 5.74) is 1.64. The van der Waals surface area contributed by atoms with E-state index in [1.807, 2.05) is 25.1 Å². The molecule has 1 fully saturated rings. The Morgan fingerprint density at radius 3 is 2.68 bits per heavy atom. The molecule has 0 bridgehead atoms. The largest absolute Gasteiger partial charge is 0.490 e. The Kier molecular flexibility index (Phi) is 4.10. The van der Waals surface area contributed by atoms with Gasteiger partial charge < -0.3 is 15.1 Å². The van der Waals surface area contributed by atoms with E-state index >= 15 is 0 Å². The highest BCUT2D eigenvalue weighted by molar-refractivity contribution is 6.00. The lowest BCUT2D eigenvalue weighted by atomic mass is 10.0. The lowest BCUT2D eigenvalue weighted by molar-refractivity contribution is 0.00134. The fourth-order valence-corrected chi connectivity index (χ4v) is 2.49. The van der Waals surface area contributed by atoms with Crippen molar-refractivity contribution >= 4 is 5.71 Å². The van der Waals surface area contributed by atoms with Gasteiger partial charge in [-0.1, -0.05) is 24.1 Å². The molecule has 0 unspecified atom stereocenters. The first-order valence-electron chi connectivity index (χ1n) is 6.69. The minimum absolute atomic E-state index is 0.294. The number of aryl methyl sites for hydroxylation is 1. The van der Waals surface area contributed by atoms with Crippen LogP contribution >= 0.6 is 0 Å². The minimum Gasteiger partial charge on any atom is -0.490 e. The molecule has 0 heterocycles. The molecule has 4 nitrogen and oxygen atoms in total. The Morgan fingerprint density at radius 1 is 1.37 bits per heavy atom. The van der Waals surface area contributed by atoms with Crippen molar-refractivity contribution in [2.45, 2.75) is 45.1 Å². The normalized spacial score (nSPS) is 18.6. The number of nitrogens with zero attached hydrogens (tertiary/aromatic N) is 1. The van der Waals surface area contributed by atoms with Crippen molar-refractivity contribution in [1.82, 2.24) is 0 Å². The minimum atomic E-state index is -0.703. The fraction of sp³-hybridized carbons (Fsp3) is 0.533. The van der Waals surface area contributed by atoms with Crippen molar-refractivity contribution < 1.29 is 15.1 Å². The van der Waals surface area contributed by atoms with Crippen LogP contribution in [0.25, 0.3) is 0 Å². The van der Waals surface area contributed by atoms with Gasteiger partial charge in [-0.25, -0.2) is 0 Å². The fourth-order valence-electron chi connectivity index (χ4n) is 2.49. The molecule has 19 heavy (non-hydrogen) atoms. The molecule has 104 valence electrons. The Bertz CT molecular complexity index is 476. The zero-order valence-electron chi connectivity index (χ0n) is 11.5. The third-order valence-corrected chi connectivity index (χ3v) is 3.71. The highest BCUT2D eigenvalue weighted by Gasteiger charge is 2.32. The van der Waals surface area contributed by atoms with E-state index in [1.165, 1.54) is 0 Å². The molecule has 1 aromatic rings. The van der Waals surface area contributed by atoms with E-state index in [4.69, 9.17) is 9.94 Å². The van der Waals surface area contributed by atoms with E-state index in [9.17, 15) is 5.11 Å². The number of hydrogen-bond acceptors (Lipinski definition) is 4. The number of aliphatic hydroxyl groups is 1. The smallest absolute Gasteiger partial charge is 0.128 e. The first kappa shape index (κ1) is 13.9. The summed E-state index contributed by atoms with van der Waals surface area (Å²) in [7, 11) is 0. The molecule has 0 radical (unpaired) electrons. The Morgan fingerprint density at radius 2 is 2.05 bits per heavy atom. The van der Waals surface area contributed by atoms with Crippen molar-refractivity contribution in [3.63, 3.8) is 0 Å². The monoisotopic (exact) mass is 263 g/mol. The van der Waals surface area contributed by atoms with Crippen molar-refractivity contribution in [3.05, 3.63) is 29.3 Å². The van der Waals surface area contributed by atoms with Crippen LogP contribution in [0.1, 0.15) is 43.7 Å². The maximum atomic E-state index is 10.3. The summed E-state index contributed by atoms with van der Waals surface area (Å²) in [5, 5.41) is 22.4. The Hall–Kier alpha value is -1.55. The van der Waals surface area contributed by atoms with Gasteiger partial charge in [-0.05, 0) is 44.4 Å². The van der Waals surface area contributed by atoms with E-state index in [-0.39, 0.29) is 0 Å². The van der Waals surface area contributed by atoms with E-state index < -0.39 is 5.60 Å². The van der Waals surface area contributed by atoms with Gasteiger partial charge >= 0.3 is 0 Å². The zero-order chi connectivity index (χ0) is 13.9. The molecule has 1 aromatic carbocycles. The maximum absolute atomic E-state index is 10.3.